The molecular weight excluding hydrogens is 318 g/mol. The van der Waals surface area contributed by atoms with E-state index in [1.807, 2.05) is 35.2 Å². The number of ether oxygens (including phenoxy) is 1. The van der Waals surface area contributed by atoms with Crippen molar-refractivity contribution in [2.24, 2.45) is 0 Å². The molecule has 1 amide bonds. The Morgan fingerprint density at radius 1 is 1.16 bits per heavy atom. The number of piperidine rings is 1. The molecule has 1 aromatic carbocycles. The average molecular weight is 341 g/mol. The van der Waals surface area contributed by atoms with Crippen molar-refractivity contribution in [3.63, 3.8) is 0 Å². The summed E-state index contributed by atoms with van der Waals surface area (Å²) in [4.78, 5) is 15.0. The molecule has 1 saturated heterocycles. The quantitative estimate of drug-likeness (QED) is 0.904. The minimum Gasteiger partial charge on any atom is -0.368 e. The van der Waals surface area contributed by atoms with Crippen molar-refractivity contribution in [3.8, 4) is 11.4 Å². The number of benzene rings is 1. The summed E-state index contributed by atoms with van der Waals surface area (Å²) < 4.78 is 7.79. The van der Waals surface area contributed by atoms with E-state index >= 15 is 0 Å². The zero-order valence-electron chi connectivity index (χ0n) is 14.4. The molecule has 1 N–H and O–H groups in total. The molecule has 0 radical (unpaired) electrons. The van der Waals surface area contributed by atoms with Gasteiger partial charge < -0.3 is 19.5 Å². The van der Waals surface area contributed by atoms with Crippen LogP contribution < -0.4 is 5.32 Å². The van der Waals surface area contributed by atoms with E-state index in [9.17, 15) is 4.79 Å². The summed E-state index contributed by atoms with van der Waals surface area (Å²) in [5.74, 6) is 1.77. The second kappa shape index (κ2) is 6.57. The first-order chi connectivity index (χ1) is 12.2. The number of hydrogen-bond acceptors (Lipinski definition) is 5. The Bertz CT molecular complexity index is 752. The third-order valence-electron chi connectivity index (χ3n) is 5.26. The maximum absolute atomic E-state index is 13.1. The molecule has 0 unspecified atom stereocenters. The van der Waals surface area contributed by atoms with Gasteiger partial charge in [0.2, 0.25) is 0 Å². The van der Waals surface area contributed by atoms with Crippen molar-refractivity contribution < 1.29 is 9.53 Å². The summed E-state index contributed by atoms with van der Waals surface area (Å²) in [7, 11) is 1.64. The fraction of sp³-hybridized carbons (Fsp3) is 0.500. The monoisotopic (exact) mass is 341 g/mol. The topological polar surface area (TPSA) is 72.3 Å². The van der Waals surface area contributed by atoms with Gasteiger partial charge in [0.05, 0.1) is 6.54 Å². The molecule has 0 aliphatic carbocycles. The Morgan fingerprint density at radius 3 is 2.64 bits per heavy atom. The Kier molecular flexibility index (Phi) is 4.27. The molecule has 2 aromatic rings. The van der Waals surface area contributed by atoms with E-state index in [0.717, 1.165) is 30.3 Å². The third-order valence-corrected chi connectivity index (χ3v) is 5.26. The lowest BCUT2D eigenvalue weighted by atomic mass is 9.90. The maximum atomic E-state index is 13.1. The molecule has 0 saturated carbocycles. The van der Waals surface area contributed by atoms with Gasteiger partial charge in [-0.05, 0) is 25.9 Å². The first kappa shape index (κ1) is 16.2. The molecule has 0 spiro atoms. The van der Waals surface area contributed by atoms with E-state index in [4.69, 9.17) is 4.74 Å². The SMILES string of the molecule is COC1(C(=O)N2CCn3c(nnc3-c3ccccc3)C2)CCNCC1. The van der Waals surface area contributed by atoms with Crippen LogP contribution in [0.5, 0.6) is 0 Å². The van der Waals surface area contributed by atoms with Crippen LogP contribution in [-0.4, -0.2) is 57.9 Å². The molecule has 4 rings (SSSR count). The molecule has 2 aliphatic rings. The zero-order valence-corrected chi connectivity index (χ0v) is 14.4. The number of fused-ring (bicyclic) bond motifs is 1. The number of rotatable bonds is 3. The average Bonchev–Trinajstić information content (AvgIpc) is 3.12. The van der Waals surface area contributed by atoms with Crippen molar-refractivity contribution in [2.45, 2.75) is 31.5 Å². The van der Waals surface area contributed by atoms with E-state index < -0.39 is 5.60 Å². The molecule has 132 valence electrons. The van der Waals surface area contributed by atoms with Gasteiger partial charge in [0, 0.05) is 25.8 Å². The van der Waals surface area contributed by atoms with Crippen molar-refractivity contribution >= 4 is 5.91 Å². The normalized spacial score (nSPS) is 19.5. The van der Waals surface area contributed by atoms with Crippen LogP contribution in [-0.2, 0) is 22.6 Å². The van der Waals surface area contributed by atoms with Gasteiger partial charge in [-0.1, -0.05) is 30.3 Å². The molecule has 1 fully saturated rings. The van der Waals surface area contributed by atoms with E-state index in [2.05, 4.69) is 20.1 Å². The Morgan fingerprint density at radius 2 is 1.92 bits per heavy atom. The fourth-order valence-electron chi connectivity index (χ4n) is 3.76. The molecule has 25 heavy (non-hydrogen) atoms. The minimum atomic E-state index is -0.699. The van der Waals surface area contributed by atoms with Gasteiger partial charge in [-0.25, -0.2) is 0 Å². The van der Waals surface area contributed by atoms with Gasteiger partial charge in [0.1, 0.15) is 5.60 Å². The van der Waals surface area contributed by atoms with Gasteiger partial charge >= 0.3 is 0 Å². The lowest BCUT2D eigenvalue weighted by molar-refractivity contribution is -0.160. The number of hydrogen-bond donors (Lipinski definition) is 1. The standard InChI is InChI=1S/C18H23N5O2/c1-25-18(7-9-19-10-8-18)17(24)22-11-12-23-15(13-22)20-21-16(23)14-5-3-2-4-6-14/h2-6,19H,7-13H2,1H3. The summed E-state index contributed by atoms with van der Waals surface area (Å²) in [5, 5.41) is 12.0. The minimum absolute atomic E-state index is 0.0759. The second-order valence-corrected chi connectivity index (χ2v) is 6.63. The lowest BCUT2D eigenvalue weighted by Crippen LogP contribution is -2.56. The van der Waals surface area contributed by atoms with Gasteiger partial charge in [-0.2, -0.15) is 0 Å². The summed E-state index contributed by atoms with van der Waals surface area (Å²) in [6.45, 7) is 3.46. The predicted molar refractivity (Wildman–Crippen MR) is 92.7 cm³/mol. The van der Waals surface area contributed by atoms with Gasteiger partial charge in [-0.3, -0.25) is 4.79 Å². The number of methoxy groups -OCH3 is 1. The molecular formula is C18H23N5O2. The van der Waals surface area contributed by atoms with Crippen LogP contribution in [0, 0.1) is 0 Å². The van der Waals surface area contributed by atoms with E-state index in [-0.39, 0.29) is 5.91 Å². The van der Waals surface area contributed by atoms with Gasteiger partial charge in [-0.15, -0.1) is 10.2 Å². The van der Waals surface area contributed by atoms with Crippen molar-refractivity contribution in [1.82, 2.24) is 25.0 Å². The molecule has 0 atom stereocenters. The summed E-state index contributed by atoms with van der Waals surface area (Å²) in [6.07, 6.45) is 1.42. The Balaban J connectivity index is 1.56. The number of carbonyl (C=O) groups excluding carboxylic acids is 1. The highest BCUT2D eigenvalue weighted by Gasteiger charge is 2.43. The first-order valence-electron chi connectivity index (χ1n) is 8.76. The molecule has 7 heteroatoms. The van der Waals surface area contributed by atoms with Crippen LogP contribution in [0.25, 0.3) is 11.4 Å². The predicted octanol–water partition coefficient (Wildman–Crippen LogP) is 1.06. The summed E-state index contributed by atoms with van der Waals surface area (Å²) in [6, 6.07) is 10.0. The number of nitrogens with one attached hydrogen (secondary N) is 1. The highest BCUT2D eigenvalue weighted by atomic mass is 16.5. The highest BCUT2D eigenvalue weighted by molar-refractivity contribution is 5.85. The van der Waals surface area contributed by atoms with Crippen LogP contribution in [0.15, 0.2) is 30.3 Å². The van der Waals surface area contributed by atoms with Crippen LogP contribution in [0.3, 0.4) is 0 Å². The molecule has 7 nitrogen and oxygen atoms in total. The van der Waals surface area contributed by atoms with Gasteiger partial charge in [0.25, 0.3) is 5.91 Å². The Hall–Kier alpha value is -2.25. The Labute approximate surface area is 147 Å². The highest BCUT2D eigenvalue weighted by Crippen LogP contribution is 2.28. The summed E-state index contributed by atoms with van der Waals surface area (Å²) in [5.41, 5.74) is 0.350. The van der Waals surface area contributed by atoms with E-state index in [0.29, 0.717) is 32.5 Å². The molecule has 1 aromatic heterocycles. The number of carbonyl (C=O) groups is 1. The van der Waals surface area contributed by atoms with Crippen LogP contribution in [0.4, 0.5) is 0 Å². The lowest BCUT2D eigenvalue weighted by Gasteiger charge is -2.40. The van der Waals surface area contributed by atoms with E-state index in [1.54, 1.807) is 7.11 Å². The number of aromatic nitrogens is 3. The summed E-state index contributed by atoms with van der Waals surface area (Å²) >= 11 is 0. The van der Waals surface area contributed by atoms with Crippen molar-refractivity contribution in [1.29, 1.82) is 0 Å². The fourth-order valence-corrected chi connectivity index (χ4v) is 3.76. The van der Waals surface area contributed by atoms with Gasteiger partial charge in [0.15, 0.2) is 11.6 Å². The smallest absolute Gasteiger partial charge is 0.255 e. The second-order valence-electron chi connectivity index (χ2n) is 6.63. The van der Waals surface area contributed by atoms with Crippen LogP contribution in [0.2, 0.25) is 0 Å². The zero-order chi connectivity index (χ0) is 17.3. The molecule has 3 heterocycles. The molecule has 0 bridgehead atoms. The third kappa shape index (κ3) is 2.83. The van der Waals surface area contributed by atoms with Crippen LogP contribution >= 0.6 is 0 Å². The van der Waals surface area contributed by atoms with Crippen LogP contribution in [0.1, 0.15) is 18.7 Å². The van der Waals surface area contributed by atoms with Crippen molar-refractivity contribution in [2.75, 3.05) is 26.7 Å². The first-order valence-corrected chi connectivity index (χ1v) is 8.76. The van der Waals surface area contributed by atoms with E-state index in [1.165, 1.54) is 0 Å². The number of amides is 1. The maximum Gasteiger partial charge on any atom is 0.255 e. The number of nitrogens with zero attached hydrogens (tertiary/aromatic N) is 4. The van der Waals surface area contributed by atoms with Crippen molar-refractivity contribution in [3.05, 3.63) is 36.2 Å². The largest absolute Gasteiger partial charge is 0.368 e. The molecule has 2 aliphatic heterocycles.